The number of carbonyl (C=O) groups is 1. The Kier molecular flexibility index (Phi) is 4.50. The van der Waals surface area contributed by atoms with Gasteiger partial charge in [-0.15, -0.1) is 0 Å². The molecule has 0 saturated heterocycles. The summed E-state index contributed by atoms with van der Waals surface area (Å²) in [6.07, 6.45) is 4.90. The highest BCUT2D eigenvalue weighted by Gasteiger charge is 2.10. The summed E-state index contributed by atoms with van der Waals surface area (Å²) >= 11 is 0. The summed E-state index contributed by atoms with van der Waals surface area (Å²) in [6.45, 7) is 0. The summed E-state index contributed by atoms with van der Waals surface area (Å²) in [5.74, 6) is -0.448. The zero-order valence-electron chi connectivity index (χ0n) is 12.8. The standard InChI is InChI=1S/C19H14N4O/c20-12-16(19(24)22-17-7-3-1-4-8-17)11-15-13-21-23(14-15)18-9-5-2-6-10-18/h1-11,13-14H,(H,22,24)/b16-11+. The molecule has 5 nitrogen and oxygen atoms in total. The first kappa shape index (κ1) is 15.3. The van der Waals surface area contributed by atoms with Crippen LogP contribution in [-0.2, 0) is 4.79 Å². The van der Waals surface area contributed by atoms with Gasteiger partial charge < -0.3 is 5.32 Å². The van der Waals surface area contributed by atoms with Crippen molar-refractivity contribution in [3.8, 4) is 11.8 Å². The van der Waals surface area contributed by atoms with Crippen LogP contribution >= 0.6 is 0 Å². The molecule has 0 fully saturated rings. The van der Waals surface area contributed by atoms with Crippen LogP contribution in [0, 0.1) is 11.3 Å². The molecule has 24 heavy (non-hydrogen) atoms. The average Bonchev–Trinajstić information content (AvgIpc) is 3.10. The molecule has 1 amide bonds. The molecule has 0 spiro atoms. The highest BCUT2D eigenvalue weighted by molar-refractivity contribution is 6.09. The summed E-state index contributed by atoms with van der Waals surface area (Å²) in [4.78, 5) is 12.2. The van der Waals surface area contributed by atoms with Gasteiger partial charge in [-0.05, 0) is 30.3 Å². The third-order valence-electron chi connectivity index (χ3n) is 3.33. The number of carbonyl (C=O) groups excluding carboxylic acids is 1. The number of aromatic nitrogens is 2. The predicted molar refractivity (Wildman–Crippen MR) is 92.2 cm³/mol. The van der Waals surface area contributed by atoms with Crippen molar-refractivity contribution >= 4 is 17.7 Å². The Morgan fingerprint density at radius 3 is 2.42 bits per heavy atom. The quantitative estimate of drug-likeness (QED) is 0.592. The molecular weight excluding hydrogens is 300 g/mol. The van der Waals surface area contributed by atoms with Gasteiger partial charge in [0, 0.05) is 17.4 Å². The van der Waals surface area contributed by atoms with Gasteiger partial charge in [-0.2, -0.15) is 10.4 Å². The minimum atomic E-state index is -0.448. The van der Waals surface area contributed by atoms with Crippen molar-refractivity contribution in [1.29, 1.82) is 5.26 Å². The first-order chi connectivity index (χ1) is 11.8. The average molecular weight is 314 g/mol. The Hall–Kier alpha value is -3.65. The number of para-hydroxylation sites is 2. The maximum Gasteiger partial charge on any atom is 0.266 e. The third kappa shape index (κ3) is 3.57. The van der Waals surface area contributed by atoms with Crippen molar-refractivity contribution in [2.45, 2.75) is 0 Å². The smallest absolute Gasteiger partial charge is 0.266 e. The molecule has 1 heterocycles. The van der Waals surface area contributed by atoms with E-state index in [2.05, 4.69) is 10.4 Å². The van der Waals surface area contributed by atoms with E-state index in [0.29, 0.717) is 11.3 Å². The van der Waals surface area contributed by atoms with E-state index in [0.717, 1.165) is 5.69 Å². The van der Waals surface area contributed by atoms with Crippen LogP contribution in [0.2, 0.25) is 0 Å². The lowest BCUT2D eigenvalue weighted by molar-refractivity contribution is -0.112. The minimum Gasteiger partial charge on any atom is -0.321 e. The Bertz CT molecular complexity index is 905. The van der Waals surface area contributed by atoms with Gasteiger partial charge in [0.1, 0.15) is 11.6 Å². The second-order valence-corrected chi connectivity index (χ2v) is 5.04. The number of benzene rings is 2. The Morgan fingerprint density at radius 2 is 1.75 bits per heavy atom. The summed E-state index contributed by atoms with van der Waals surface area (Å²) < 4.78 is 1.69. The Balaban J connectivity index is 1.80. The monoisotopic (exact) mass is 314 g/mol. The first-order valence-electron chi connectivity index (χ1n) is 7.34. The van der Waals surface area contributed by atoms with Crippen molar-refractivity contribution in [3.05, 3.63) is 84.2 Å². The summed E-state index contributed by atoms with van der Waals surface area (Å²) in [5.41, 5.74) is 2.25. The fourth-order valence-electron chi connectivity index (χ4n) is 2.17. The molecule has 0 radical (unpaired) electrons. The van der Waals surface area contributed by atoms with E-state index < -0.39 is 5.91 Å². The number of rotatable bonds is 4. The van der Waals surface area contributed by atoms with Crippen LogP contribution in [0.1, 0.15) is 5.56 Å². The molecule has 1 N–H and O–H groups in total. The highest BCUT2D eigenvalue weighted by Crippen LogP contribution is 2.12. The number of anilines is 1. The molecule has 0 aliphatic heterocycles. The largest absolute Gasteiger partial charge is 0.321 e. The van der Waals surface area contributed by atoms with Gasteiger partial charge in [0.2, 0.25) is 0 Å². The molecule has 0 unspecified atom stereocenters. The number of nitrogens with zero attached hydrogens (tertiary/aromatic N) is 3. The maximum absolute atomic E-state index is 12.2. The summed E-state index contributed by atoms with van der Waals surface area (Å²) in [6, 6.07) is 20.6. The molecule has 0 aliphatic rings. The number of nitrogens with one attached hydrogen (secondary N) is 1. The molecule has 5 heteroatoms. The van der Waals surface area contributed by atoms with Crippen molar-refractivity contribution in [3.63, 3.8) is 0 Å². The van der Waals surface area contributed by atoms with Gasteiger partial charge in [-0.3, -0.25) is 4.79 Å². The van der Waals surface area contributed by atoms with Gasteiger partial charge in [0.25, 0.3) is 5.91 Å². The number of nitriles is 1. The lowest BCUT2D eigenvalue weighted by Crippen LogP contribution is -2.13. The van der Waals surface area contributed by atoms with E-state index in [1.54, 1.807) is 29.2 Å². The van der Waals surface area contributed by atoms with E-state index in [1.807, 2.05) is 54.6 Å². The van der Waals surface area contributed by atoms with Gasteiger partial charge in [0.05, 0.1) is 11.9 Å². The Labute approximate surface area is 139 Å². The van der Waals surface area contributed by atoms with E-state index in [-0.39, 0.29) is 5.57 Å². The molecule has 0 atom stereocenters. The molecule has 3 aromatic rings. The first-order valence-corrected chi connectivity index (χ1v) is 7.34. The van der Waals surface area contributed by atoms with E-state index in [9.17, 15) is 10.1 Å². The van der Waals surface area contributed by atoms with Crippen LogP contribution < -0.4 is 5.32 Å². The lowest BCUT2D eigenvalue weighted by atomic mass is 10.2. The molecule has 116 valence electrons. The van der Waals surface area contributed by atoms with E-state index in [4.69, 9.17) is 0 Å². The van der Waals surface area contributed by atoms with Crippen molar-refractivity contribution in [2.75, 3.05) is 5.32 Å². The second kappa shape index (κ2) is 7.07. The van der Waals surface area contributed by atoms with Gasteiger partial charge in [-0.1, -0.05) is 36.4 Å². The van der Waals surface area contributed by atoms with Crippen LogP contribution in [0.15, 0.2) is 78.6 Å². The maximum atomic E-state index is 12.2. The summed E-state index contributed by atoms with van der Waals surface area (Å²) in [7, 11) is 0. The second-order valence-electron chi connectivity index (χ2n) is 5.04. The van der Waals surface area contributed by atoms with E-state index in [1.165, 1.54) is 6.08 Å². The number of hydrogen-bond donors (Lipinski definition) is 1. The van der Waals surface area contributed by atoms with Crippen LogP contribution in [-0.4, -0.2) is 15.7 Å². The number of amides is 1. The molecule has 2 aromatic carbocycles. The number of hydrogen-bond acceptors (Lipinski definition) is 3. The van der Waals surface area contributed by atoms with Crippen LogP contribution in [0.5, 0.6) is 0 Å². The third-order valence-corrected chi connectivity index (χ3v) is 3.33. The fourth-order valence-corrected chi connectivity index (χ4v) is 2.17. The van der Waals surface area contributed by atoms with Gasteiger partial charge >= 0.3 is 0 Å². The minimum absolute atomic E-state index is 0.0199. The highest BCUT2D eigenvalue weighted by atomic mass is 16.1. The zero-order valence-corrected chi connectivity index (χ0v) is 12.8. The van der Waals surface area contributed by atoms with Crippen LogP contribution in [0.4, 0.5) is 5.69 Å². The van der Waals surface area contributed by atoms with Crippen LogP contribution in [0.3, 0.4) is 0 Å². The zero-order chi connectivity index (χ0) is 16.8. The lowest BCUT2D eigenvalue weighted by Gasteiger charge is -2.03. The molecule has 1 aromatic heterocycles. The van der Waals surface area contributed by atoms with Crippen molar-refractivity contribution in [2.24, 2.45) is 0 Å². The topological polar surface area (TPSA) is 70.7 Å². The van der Waals surface area contributed by atoms with Crippen LogP contribution in [0.25, 0.3) is 11.8 Å². The molecule has 0 bridgehead atoms. The predicted octanol–water partition coefficient (Wildman–Crippen LogP) is 3.42. The van der Waals surface area contributed by atoms with Gasteiger partial charge in [-0.25, -0.2) is 4.68 Å². The normalized spacial score (nSPS) is 10.9. The molecule has 3 rings (SSSR count). The van der Waals surface area contributed by atoms with E-state index >= 15 is 0 Å². The fraction of sp³-hybridized carbons (Fsp3) is 0. The molecular formula is C19H14N4O. The van der Waals surface area contributed by atoms with Gasteiger partial charge in [0.15, 0.2) is 0 Å². The summed E-state index contributed by atoms with van der Waals surface area (Å²) in [5, 5.41) is 16.2. The Morgan fingerprint density at radius 1 is 1.08 bits per heavy atom. The molecule has 0 saturated carbocycles. The SMILES string of the molecule is N#C/C(=C\c1cnn(-c2ccccc2)c1)C(=O)Nc1ccccc1. The molecule has 0 aliphatic carbocycles. The van der Waals surface area contributed by atoms with Crippen molar-refractivity contribution in [1.82, 2.24) is 9.78 Å². The van der Waals surface area contributed by atoms with Crippen molar-refractivity contribution < 1.29 is 4.79 Å².